The number of aliphatic hydroxyl groups is 2. The molecule has 2 aromatic heterocycles. The van der Waals surface area contributed by atoms with E-state index in [1.807, 2.05) is 6.07 Å². The van der Waals surface area contributed by atoms with Crippen LogP contribution in [0.4, 0.5) is 10.1 Å². The Labute approximate surface area is 245 Å². The summed E-state index contributed by atoms with van der Waals surface area (Å²) in [7, 11) is -9.22. The lowest BCUT2D eigenvalue weighted by molar-refractivity contribution is -0.159. The largest absolute Gasteiger partial charge is 0.438 e. The number of aliphatic hydroxyl groups excluding tert-OH is 2. The highest BCUT2D eigenvalue weighted by atomic mass is 35.5. The maximum Gasteiger partial charge on any atom is 0.346 e. The van der Waals surface area contributed by atoms with Crippen molar-refractivity contribution in [1.29, 1.82) is 5.26 Å². The van der Waals surface area contributed by atoms with Gasteiger partial charge in [-0.3, -0.25) is 13.9 Å². The Balaban J connectivity index is 1.48. The van der Waals surface area contributed by atoms with Gasteiger partial charge >= 0.3 is 13.6 Å². The Hall–Kier alpha value is -2.35. The summed E-state index contributed by atoms with van der Waals surface area (Å²) in [5.41, 5.74) is -1.81. The van der Waals surface area contributed by atoms with Crippen molar-refractivity contribution in [3.63, 3.8) is 0 Å². The number of esters is 1. The third kappa shape index (κ3) is 7.06. The summed E-state index contributed by atoms with van der Waals surface area (Å²) in [6, 6.07) is 3.28. The van der Waals surface area contributed by atoms with Crippen molar-refractivity contribution in [3.8, 4) is 6.07 Å². The zero-order valence-corrected chi connectivity index (χ0v) is 25.3. The average Bonchev–Trinajstić information content (AvgIpc) is 3.37. The lowest BCUT2D eigenvalue weighted by Gasteiger charge is -2.31. The first-order chi connectivity index (χ1) is 19.4. The summed E-state index contributed by atoms with van der Waals surface area (Å²) in [6.45, 7) is 3.69. The van der Waals surface area contributed by atoms with Gasteiger partial charge in [0.15, 0.2) is 26.7 Å². The molecule has 5 atom stereocenters. The quantitative estimate of drug-likeness (QED) is 0.126. The van der Waals surface area contributed by atoms with Gasteiger partial charge in [0, 0.05) is 17.6 Å². The molecule has 0 amide bonds. The van der Waals surface area contributed by atoms with Crippen LogP contribution in [0.25, 0.3) is 11.0 Å². The highest BCUT2D eigenvalue weighted by molar-refractivity contribution is 7.97. The molecule has 0 bridgehead atoms. The first kappa shape index (κ1) is 32.6. The number of fused-ring (bicyclic) bond motifs is 1. The monoisotopic (exact) mass is 652 g/mol. The molecule has 18 heteroatoms. The average molecular weight is 653 g/mol. The Morgan fingerprint density at radius 2 is 2.02 bits per heavy atom. The number of rotatable bonds is 10. The molecule has 2 fully saturated rings. The molecule has 1 unspecified atom stereocenters. The fraction of sp³-hybridized carbons (Fsp3) is 0.625. The number of nitriles is 1. The summed E-state index contributed by atoms with van der Waals surface area (Å²) >= 11 is 6.25. The molecule has 1 aliphatic carbocycles. The second-order valence-electron chi connectivity index (χ2n) is 11.3. The van der Waals surface area contributed by atoms with Crippen molar-refractivity contribution in [2.45, 2.75) is 70.4 Å². The van der Waals surface area contributed by atoms with Gasteiger partial charge in [0.1, 0.15) is 41.8 Å². The Kier molecular flexibility index (Phi) is 9.28. The molecule has 2 aromatic rings. The van der Waals surface area contributed by atoms with Crippen LogP contribution in [0, 0.1) is 16.7 Å². The number of halogens is 2. The van der Waals surface area contributed by atoms with Gasteiger partial charge in [-0.25, -0.2) is 17.8 Å². The maximum atomic E-state index is 13.4. The summed E-state index contributed by atoms with van der Waals surface area (Å²) in [6.07, 6.45) is -5.28. The fourth-order valence-electron chi connectivity index (χ4n) is 4.53. The van der Waals surface area contributed by atoms with Crippen molar-refractivity contribution in [3.05, 3.63) is 23.0 Å². The van der Waals surface area contributed by atoms with E-state index in [9.17, 15) is 42.5 Å². The van der Waals surface area contributed by atoms with Crippen molar-refractivity contribution in [2.24, 2.45) is 5.41 Å². The van der Waals surface area contributed by atoms with E-state index in [-0.39, 0.29) is 35.2 Å². The first-order valence-corrected chi connectivity index (χ1v) is 16.7. The van der Waals surface area contributed by atoms with Crippen molar-refractivity contribution in [1.82, 2.24) is 9.55 Å². The number of sulfone groups is 1. The van der Waals surface area contributed by atoms with Crippen LogP contribution >= 0.6 is 19.2 Å². The number of hydrogen-bond donors (Lipinski definition) is 4. The van der Waals surface area contributed by atoms with Gasteiger partial charge in [0.2, 0.25) is 6.79 Å². The van der Waals surface area contributed by atoms with Crippen LogP contribution in [0.1, 0.15) is 45.4 Å². The summed E-state index contributed by atoms with van der Waals surface area (Å²) in [5.74, 6) is -1.69. The molecule has 3 heterocycles. The third-order valence-corrected chi connectivity index (χ3v) is 11.3. The van der Waals surface area contributed by atoms with E-state index < -0.39 is 77.6 Å². The van der Waals surface area contributed by atoms with E-state index in [1.165, 1.54) is 10.8 Å². The minimum Gasteiger partial charge on any atom is -0.438 e. The smallest absolute Gasteiger partial charge is 0.346 e. The topological polar surface area (TPSA) is 210 Å². The van der Waals surface area contributed by atoms with Crippen LogP contribution in [0.2, 0.25) is 5.15 Å². The van der Waals surface area contributed by atoms with Crippen LogP contribution in [0.15, 0.2) is 12.3 Å². The molecule has 1 saturated carbocycles. The molecule has 4 rings (SSSR count). The molecule has 42 heavy (non-hydrogen) atoms. The highest BCUT2D eigenvalue weighted by Gasteiger charge is 2.47. The van der Waals surface area contributed by atoms with Gasteiger partial charge in [0.25, 0.3) is 0 Å². The predicted molar refractivity (Wildman–Crippen MR) is 147 cm³/mol. The number of carbonyl (C=O) groups is 1. The Morgan fingerprint density at radius 3 is 2.62 bits per heavy atom. The number of hydrogen-bond acceptors (Lipinski definition) is 12. The number of pyridine rings is 1. The summed E-state index contributed by atoms with van der Waals surface area (Å²) in [4.78, 5) is 26.0. The van der Waals surface area contributed by atoms with Crippen molar-refractivity contribution < 1.29 is 51.3 Å². The van der Waals surface area contributed by atoms with Crippen LogP contribution in [-0.4, -0.2) is 87.6 Å². The van der Waals surface area contributed by atoms with E-state index in [4.69, 9.17) is 21.1 Å². The normalized spacial score (nSPS) is 27.7. The number of nitrogens with zero attached hydrogens (tertiary/aromatic N) is 3. The summed E-state index contributed by atoms with van der Waals surface area (Å²) in [5, 5.41) is 34.3. The minimum absolute atomic E-state index is 0.0324. The van der Waals surface area contributed by atoms with Crippen molar-refractivity contribution in [2.75, 3.05) is 23.4 Å². The number of nitrogens with one attached hydrogen (secondary N) is 1. The van der Waals surface area contributed by atoms with E-state index >= 15 is 0 Å². The molecule has 232 valence electrons. The Morgan fingerprint density at radius 1 is 1.36 bits per heavy atom. The maximum absolute atomic E-state index is 13.4. The highest BCUT2D eigenvalue weighted by Crippen LogP contribution is 2.44. The SMILES string of the molecule is CC(C)(C)C(=O)OCOP(=O)(O)CS(=O)(=O)C[C@H]1O[C@@H](n2ccc3c(N[C@H]4C[C@@H](F)C4)c(C#N)c(Cl)nc32)[C@H](O)[C@@H]1O. The fourth-order valence-corrected chi connectivity index (χ4v) is 8.45. The van der Waals surface area contributed by atoms with Gasteiger partial charge in [-0.2, -0.15) is 5.26 Å². The third-order valence-electron chi connectivity index (χ3n) is 6.80. The lowest BCUT2D eigenvalue weighted by Crippen LogP contribution is -2.36. The van der Waals surface area contributed by atoms with E-state index in [2.05, 4.69) is 14.8 Å². The number of anilines is 1. The molecule has 14 nitrogen and oxygen atoms in total. The summed E-state index contributed by atoms with van der Waals surface area (Å²) < 4.78 is 67.6. The number of aromatic nitrogens is 2. The van der Waals surface area contributed by atoms with Gasteiger partial charge in [-0.05, 0) is 39.7 Å². The second kappa shape index (κ2) is 12.0. The standard InChI is InChI=1S/C24H31ClFN4O10PS/c1-24(2,3)23(33)38-10-39-41(34,35)11-42(36,37)9-16-18(31)19(32)22(40-16)30-5-4-14-17(28-13-6-12(26)7-13)15(8-27)20(25)29-21(14)30/h4-5,12-13,16,18-19,22,31-32H,6-7,9-11H2,1-3H3,(H,28,29)(H,34,35)/t12-,13+,16-,18-,19-,22-/m1/s1. The molecular formula is C24H31ClFN4O10PS. The molecule has 1 aliphatic heterocycles. The van der Waals surface area contributed by atoms with Crippen LogP contribution in [0.5, 0.6) is 0 Å². The second-order valence-corrected chi connectivity index (χ2v) is 16.0. The zero-order valence-electron chi connectivity index (χ0n) is 22.8. The molecule has 0 aromatic carbocycles. The van der Waals surface area contributed by atoms with Gasteiger partial charge in [-0.15, -0.1) is 0 Å². The van der Waals surface area contributed by atoms with E-state index in [0.717, 1.165) is 0 Å². The minimum atomic E-state index is -4.79. The van der Waals surface area contributed by atoms with Gasteiger partial charge < -0.3 is 34.5 Å². The molecule has 0 radical (unpaired) electrons. The van der Waals surface area contributed by atoms with Gasteiger partial charge in [-0.1, -0.05) is 11.6 Å². The lowest BCUT2D eigenvalue weighted by atomic mass is 9.90. The molecule has 1 saturated heterocycles. The van der Waals surface area contributed by atoms with Crippen LogP contribution < -0.4 is 5.32 Å². The van der Waals surface area contributed by atoms with Crippen LogP contribution in [0.3, 0.4) is 0 Å². The predicted octanol–water partition coefficient (Wildman–Crippen LogP) is 2.21. The van der Waals surface area contributed by atoms with E-state index in [1.54, 1.807) is 26.8 Å². The number of alkyl halides is 1. The molecule has 0 spiro atoms. The first-order valence-electron chi connectivity index (χ1n) is 12.8. The molecule has 2 aliphatic rings. The van der Waals surface area contributed by atoms with Gasteiger partial charge in [0.05, 0.1) is 16.9 Å². The van der Waals surface area contributed by atoms with Crippen LogP contribution in [-0.2, 0) is 33.2 Å². The van der Waals surface area contributed by atoms with E-state index in [0.29, 0.717) is 11.1 Å². The number of carbonyl (C=O) groups excluding carboxylic acids is 1. The zero-order chi connectivity index (χ0) is 31.2. The number of ether oxygens (including phenoxy) is 2. The molecule has 4 N–H and O–H groups in total. The molecular weight excluding hydrogens is 622 g/mol. The Bertz CT molecular complexity index is 1550. The van der Waals surface area contributed by atoms with Crippen molar-refractivity contribution >= 4 is 51.7 Å².